The number of amides is 1. The van der Waals surface area contributed by atoms with E-state index in [9.17, 15) is 9.59 Å². The molecule has 7 heteroatoms. The summed E-state index contributed by atoms with van der Waals surface area (Å²) in [5.74, 6) is 0.407. The van der Waals surface area contributed by atoms with Gasteiger partial charge in [0.25, 0.3) is 5.56 Å². The molecule has 6 nitrogen and oxygen atoms in total. The third kappa shape index (κ3) is 3.96. The second kappa shape index (κ2) is 8.35. The van der Waals surface area contributed by atoms with E-state index in [-0.39, 0.29) is 11.5 Å². The molecule has 0 aliphatic carbocycles. The molecular weight excluding hydrogens is 410 g/mol. The largest absolute Gasteiger partial charge is 0.497 e. The molecule has 0 saturated heterocycles. The van der Waals surface area contributed by atoms with Crippen LogP contribution < -0.4 is 15.6 Å². The van der Waals surface area contributed by atoms with E-state index < -0.39 is 6.04 Å². The lowest BCUT2D eigenvalue weighted by Gasteiger charge is -2.15. The summed E-state index contributed by atoms with van der Waals surface area (Å²) >= 11 is 1.43. The van der Waals surface area contributed by atoms with Gasteiger partial charge in [0.15, 0.2) is 0 Å². The number of hydrogen-bond acceptors (Lipinski definition) is 5. The first kappa shape index (κ1) is 20.8. The van der Waals surface area contributed by atoms with Crippen molar-refractivity contribution in [2.75, 3.05) is 12.4 Å². The molecule has 0 spiro atoms. The topological polar surface area (TPSA) is 73.2 Å². The Morgan fingerprint density at radius 1 is 1.13 bits per heavy atom. The molecule has 2 aromatic heterocycles. The molecule has 1 atom stereocenters. The van der Waals surface area contributed by atoms with Crippen molar-refractivity contribution < 1.29 is 9.53 Å². The van der Waals surface area contributed by atoms with Crippen LogP contribution >= 0.6 is 11.3 Å². The number of carbonyl (C=O) groups is 1. The predicted octanol–water partition coefficient (Wildman–Crippen LogP) is 4.95. The Morgan fingerprint density at radius 2 is 1.87 bits per heavy atom. The van der Waals surface area contributed by atoms with Crippen LogP contribution in [0.4, 0.5) is 5.69 Å². The summed E-state index contributed by atoms with van der Waals surface area (Å²) in [6.07, 6.45) is 1.45. The molecule has 31 heavy (non-hydrogen) atoms. The highest BCUT2D eigenvalue weighted by molar-refractivity contribution is 7.17. The number of methoxy groups -OCH3 is 1. The van der Waals surface area contributed by atoms with E-state index in [1.54, 1.807) is 38.3 Å². The van der Waals surface area contributed by atoms with Gasteiger partial charge < -0.3 is 10.1 Å². The molecule has 0 bridgehead atoms. The molecule has 2 aromatic carbocycles. The molecule has 158 valence electrons. The lowest BCUT2D eigenvalue weighted by Crippen LogP contribution is -2.31. The smallest absolute Gasteiger partial charge is 0.263 e. The van der Waals surface area contributed by atoms with Crippen LogP contribution in [0.25, 0.3) is 21.3 Å². The summed E-state index contributed by atoms with van der Waals surface area (Å²) in [6, 6.07) is 12.5. The molecule has 0 aliphatic heterocycles. The summed E-state index contributed by atoms with van der Waals surface area (Å²) in [6.45, 7) is 5.77. The molecule has 4 rings (SSSR count). The number of thiophene rings is 1. The number of aryl methyl sites for hydroxylation is 2. The van der Waals surface area contributed by atoms with Crippen LogP contribution in [0.3, 0.4) is 0 Å². The monoisotopic (exact) mass is 433 g/mol. The number of fused-ring (bicyclic) bond motifs is 1. The van der Waals surface area contributed by atoms with Crippen molar-refractivity contribution in [1.82, 2.24) is 9.55 Å². The van der Waals surface area contributed by atoms with E-state index in [2.05, 4.69) is 16.4 Å². The summed E-state index contributed by atoms with van der Waals surface area (Å²) in [4.78, 5) is 31.3. The van der Waals surface area contributed by atoms with Gasteiger partial charge in [-0.1, -0.05) is 23.8 Å². The van der Waals surface area contributed by atoms with E-state index in [0.717, 1.165) is 16.7 Å². The van der Waals surface area contributed by atoms with Gasteiger partial charge in [-0.25, -0.2) is 4.98 Å². The third-order valence-corrected chi connectivity index (χ3v) is 6.23. The Morgan fingerprint density at radius 3 is 2.55 bits per heavy atom. The molecule has 0 fully saturated rings. The highest BCUT2D eigenvalue weighted by Crippen LogP contribution is 2.33. The van der Waals surface area contributed by atoms with Crippen LogP contribution in [0.15, 0.2) is 59.0 Å². The van der Waals surface area contributed by atoms with Crippen molar-refractivity contribution in [1.29, 1.82) is 0 Å². The van der Waals surface area contributed by atoms with Crippen LogP contribution in [0, 0.1) is 13.8 Å². The summed E-state index contributed by atoms with van der Waals surface area (Å²) < 4.78 is 6.53. The van der Waals surface area contributed by atoms with Gasteiger partial charge >= 0.3 is 0 Å². The Labute approximate surface area is 184 Å². The van der Waals surface area contributed by atoms with Gasteiger partial charge in [-0.2, -0.15) is 0 Å². The van der Waals surface area contributed by atoms with Gasteiger partial charge in [0, 0.05) is 16.6 Å². The predicted molar refractivity (Wildman–Crippen MR) is 125 cm³/mol. The quantitative estimate of drug-likeness (QED) is 0.483. The zero-order chi connectivity index (χ0) is 22.1. The van der Waals surface area contributed by atoms with Crippen LogP contribution in [0.5, 0.6) is 5.75 Å². The molecule has 0 radical (unpaired) electrons. The van der Waals surface area contributed by atoms with Crippen molar-refractivity contribution >= 4 is 33.1 Å². The van der Waals surface area contributed by atoms with Crippen molar-refractivity contribution in [2.45, 2.75) is 26.8 Å². The van der Waals surface area contributed by atoms with Gasteiger partial charge in [0.2, 0.25) is 5.91 Å². The fraction of sp³-hybridized carbons (Fsp3) is 0.208. The van der Waals surface area contributed by atoms with Gasteiger partial charge in [-0.15, -0.1) is 11.3 Å². The number of ether oxygens (including phenoxy) is 1. The van der Waals surface area contributed by atoms with Gasteiger partial charge in [-0.3, -0.25) is 14.2 Å². The highest BCUT2D eigenvalue weighted by Gasteiger charge is 2.21. The molecule has 2 heterocycles. The van der Waals surface area contributed by atoms with Crippen LogP contribution in [0.2, 0.25) is 0 Å². The summed E-state index contributed by atoms with van der Waals surface area (Å²) in [5.41, 5.74) is 4.53. The van der Waals surface area contributed by atoms with E-state index in [1.807, 2.05) is 31.4 Å². The number of aromatic nitrogens is 2. The first-order valence-corrected chi connectivity index (χ1v) is 10.8. The van der Waals surface area contributed by atoms with Crippen molar-refractivity contribution in [3.05, 3.63) is 75.7 Å². The maximum Gasteiger partial charge on any atom is 0.263 e. The third-order valence-electron chi connectivity index (χ3n) is 5.35. The number of rotatable bonds is 5. The first-order valence-electron chi connectivity index (χ1n) is 9.90. The van der Waals surface area contributed by atoms with Crippen LogP contribution in [-0.2, 0) is 4.79 Å². The molecule has 0 saturated carbocycles. The minimum Gasteiger partial charge on any atom is -0.497 e. The van der Waals surface area contributed by atoms with E-state index in [1.165, 1.54) is 27.8 Å². The fourth-order valence-electron chi connectivity index (χ4n) is 3.58. The standard InChI is InChI=1S/C24H23N3O3S/c1-14-5-10-19(15(2)11-14)20-12-31-23-21(20)24(29)27(13-25-23)16(3)22(28)26-17-6-8-18(30-4)9-7-17/h5-13,16H,1-4H3,(H,26,28). The Balaban J connectivity index is 1.70. The maximum atomic E-state index is 13.4. The molecule has 0 aliphatic rings. The fourth-order valence-corrected chi connectivity index (χ4v) is 4.48. The summed E-state index contributed by atoms with van der Waals surface area (Å²) in [7, 11) is 1.59. The van der Waals surface area contributed by atoms with E-state index in [0.29, 0.717) is 21.7 Å². The Bertz CT molecular complexity index is 1320. The zero-order valence-electron chi connectivity index (χ0n) is 17.8. The number of nitrogens with zero attached hydrogens (tertiary/aromatic N) is 2. The molecular formula is C24H23N3O3S. The highest BCUT2D eigenvalue weighted by atomic mass is 32.1. The van der Waals surface area contributed by atoms with Gasteiger partial charge in [0.1, 0.15) is 16.6 Å². The van der Waals surface area contributed by atoms with Crippen LogP contribution in [0.1, 0.15) is 24.1 Å². The van der Waals surface area contributed by atoms with Crippen LogP contribution in [-0.4, -0.2) is 22.6 Å². The number of hydrogen-bond donors (Lipinski definition) is 1. The molecule has 1 amide bonds. The Hall–Kier alpha value is -3.45. The first-order chi connectivity index (χ1) is 14.9. The minimum absolute atomic E-state index is 0.224. The lowest BCUT2D eigenvalue weighted by molar-refractivity contribution is -0.118. The average Bonchev–Trinajstić information content (AvgIpc) is 3.19. The molecule has 1 N–H and O–H groups in total. The van der Waals surface area contributed by atoms with E-state index >= 15 is 0 Å². The lowest BCUT2D eigenvalue weighted by atomic mass is 9.99. The molecule has 4 aromatic rings. The zero-order valence-corrected chi connectivity index (χ0v) is 18.6. The molecule has 1 unspecified atom stereocenters. The van der Waals surface area contributed by atoms with E-state index in [4.69, 9.17) is 4.74 Å². The second-order valence-corrected chi connectivity index (χ2v) is 8.36. The average molecular weight is 434 g/mol. The number of carbonyl (C=O) groups excluding carboxylic acids is 1. The van der Waals surface area contributed by atoms with Crippen molar-refractivity contribution in [3.63, 3.8) is 0 Å². The Kier molecular flexibility index (Phi) is 5.61. The minimum atomic E-state index is -0.724. The van der Waals surface area contributed by atoms with Gasteiger partial charge in [-0.05, 0) is 56.2 Å². The number of benzene rings is 2. The normalized spacial score (nSPS) is 12.0. The number of anilines is 1. The maximum absolute atomic E-state index is 13.4. The van der Waals surface area contributed by atoms with Crippen molar-refractivity contribution in [3.8, 4) is 16.9 Å². The van der Waals surface area contributed by atoms with Crippen molar-refractivity contribution in [2.24, 2.45) is 0 Å². The second-order valence-electron chi connectivity index (χ2n) is 7.50. The van der Waals surface area contributed by atoms with Gasteiger partial charge in [0.05, 0.1) is 18.8 Å². The SMILES string of the molecule is COc1ccc(NC(=O)C(C)n2cnc3scc(-c4ccc(C)cc4C)c3c2=O)cc1. The summed E-state index contributed by atoms with van der Waals surface area (Å²) in [5, 5.41) is 5.35. The number of nitrogens with one attached hydrogen (secondary N) is 1.